The fourth-order valence-electron chi connectivity index (χ4n) is 1.19. The number of amides is 1. The number of nitrogens with one attached hydrogen (secondary N) is 3. The van der Waals surface area contributed by atoms with Crippen LogP contribution in [0.2, 0.25) is 0 Å². The predicted octanol–water partition coefficient (Wildman–Crippen LogP) is -1.56. The molecule has 0 atom stereocenters. The second-order valence-electron chi connectivity index (χ2n) is 3.14. The molecular weight excluding hydrogens is 216 g/mol. The predicted molar refractivity (Wildman–Crippen MR) is 60.2 cm³/mol. The lowest BCUT2D eigenvalue weighted by atomic mass is 10.4. The van der Waals surface area contributed by atoms with Crippen LogP contribution in [-0.4, -0.2) is 55.8 Å². The monoisotopic (exact) mass is 232 g/mol. The maximum atomic E-state index is 11.4. The zero-order chi connectivity index (χ0) is 11.1. The highest BCUT2D eigenvalue weighted by Gasteiger charge is 2.13. The minimum Gasteiger partial charge on any atom is -0.379 e. The van der Waals surface area contributed by atoms with Crippen molar-refractivity contribution in [1.29, 1.82) is 0 Å². The van der Waals surface area contributed by atoms with Crippen molar-refractivity contribution in [2.75, 3.05) is 39.9 Å². The highest BCUT2D eigenvalue weighted by atomic mass is 32.1. The van der Waals surface area contributed by atoms with E-state index in [2.05, 4.69) is 16.2 Å². The van der Waals surface area contributed by atoms with E-state index in [4.69, 9.17) is 17.0 Å². The van der Waals surface area contributed by atoms with E-state index in [1.807, 2.05) is 4.90 Å². The third-order valence-electron chi connectivity index (χ3n) is 2.01. The zero-order valence-corrected chi connectivity index (χ0v) is 9.52. The highest BCUT2D eigenvalue weighted by molar-refractivity contribution is 7.80. The molecule has 15 heavy (non-hydrogen) atoms. The summed E-state index contributed by atoms with van der Waals surface area (Å²) in [6.45, 7) is 3.34. The molecule has 86 valence electrons. The molecular formula is C8H16N4O2S. The van der Waals surface area contributed by atoms with Crippen LogP contribution < -0.4 is 16.2 Å². The Morgan fingerprint density at radius 2 is 2.07 bits per heavy atom. The Hall–Kier alpha value is -0.920. The van der Waals surface area contributed by atoms with Gasteiger partial charge in [0.2, 0.25) is 0 Å². The van der Waals surface area contributed by atoms with Crippen molar-refractivity contribution in [1.82, 2.24) is 21.1 Å². The van der Waals surface area contributed by atoms with Crippen molar-refractivity contribution >= 4 is 23.2 Å². The van der Waals surface area contributed by atoms with Crippen molar-refractivity contribution in [2.24, 2.45) is 0 Å². The number of hydrazine groups is 1. The van der Waals surface area contributed by atoms with Gasteiger partial charge in [0.1, 0.15) is 0 Å². The van der Waals surface area contributed by atoms with Gasteiger partial charge in [-0.05, 0) is 12.2 Å². The first kappa shape index (κ1) is 12.2. The lowest BCUT2D eigenvalue weighted by Gasteiger charge is -2.25. The lowest BCUT2D eigenvalue weighted by Crippen LogP contribution is -2.50. The molecule has 0 spiro atoms. The third-order valence-corrected chi connectivity index (χ3v) is 2.32. The minimum atomic E-state index is -0.102. The Morgan fingerprint density at radius 1 is 1.40 bits per heavy atom. The van der Waals surface area contributed by atoms with Crippen molar-refractivity contribution in [3.63, 3.8) is 0 Å². The Kier molecular flexibility index (Phi) is 5.30. The molecule has 1 amide bonds. The van der Waals surface area contributed by atoms with Gasteiger partial charge < -0.3 is 10.1 Å². The van der Waals surface area contributed by atoms with Crippen molar-refractivity contribution < 1.29 is 9.53 Å². The van der Waals surface area contributed by atoms with E-state index < -0.39 is 0 Å². The van der Waals surface area contributed by atoms with Crippen LogP contribution in [0, 0.1) is 0 Å². The maximum absolute atomic E-state index is 11.4. The maximum Gasteiger partial charge on any atom is 0.252 e. The van der Waals surface area contributed by atoms with Gasteiger partial charge in [-0.25, -0.2) is 0 Å². The molecule has 0 radical (unpaired) electrons. The first-order chi connectivity index (χ1) is 7.22. The molecule has 1 aliphatic heterocycles. The highest BCUT2D eigenvalue weighted by Crippen LogP contribution is 1.94. The second kappa shape index (κ2) is 6.54. The van der Waals surface area contributed by atoms with Crippen LogP contribution in [0.1, 0.15) is 0 Å². The molecule has 7 heteroatoms. The first-order valence-corrected chi connectivity index (χ1v) is 5.20. The van der Waals surface area contributed by atoms with Crippen molar-refractivity contribution in [3.8, 4) is 0 Å². The number of hydrogen-bond acceptors (Lipinski definition) is 4. The molecule has 1 aliphatic rings. The van der Waals surface area contributed by atoms with Gasteiger partial charge in [-0.3, -0.25) is 20.5 Å². The van der Waals surface area contributed by atoms with Gasteiger partial charge in [-0.2, -0.15) is 0 Å². The number of ether oxygens (including phenoxy) is 1. The van der Waals surface area contributed by atoms with Crippen molar-refractivity contribution in [3.05, 3.63) is 0 Å². The summed E-state index contributed by atoms with van der Waals surface area (Å²) in [7, 11) is 1.68. The number of hydrogen-bond donors (Lipinski definition) is 3. The Morgan fingerprint density at radius 3 is 2.67 bits per heavy atom. The molecule has 1 fully saturated rings. The average Bonchev–Trinajstić information content (AvgIpc) is 2.27. The van der Waals surface area contributed by atoms with Gasteiger partial charge >= 0.3 is 0 Å². The number of morpholine rings is 1. The largest absolute Gasteiger partial charge is 0.379 e. The Labute approximate surface area is 94.3 Å². The van der Waals surface area contributed by atoms with E-state index in [0.29, 0.717) is 24.9 Å². The fraction of sp³-hybridized carbons (Fsp3) is 0.750. The topological polar surface area (TPSA) is 65.6 Å². The molecule has 6 nitrogen and oxygen atoms in total. The molecule has 0 aromatic heterocycles. The third kappa shape index (κ3) is 4.91. The smallest absolute Gasteiger partial charge is 0.252 e. The molecule has 0 aliphatic carbocycles. The van der Waals surface area contributed by atoms with Gasteiger partial charge in [0.15, 0.2) is 5.11 Å². The van der Waals surface area contributed by atoms with E-state index in [-0.39, 0.29) is 5.91 Å². The summed E-state index contributed by atoms with van der Waals surface area (Å²) in [5.41, 5.74) is 5.09. The summed E-state index contributed by atoms with van der Waals surface area (Å²) in [4.78, 5) is 13.4. The number of nitrogens with zero attached hydrogens (tertiary/aromatic N) is 1. The second-order valence-corrected chi connectivity index (χ2v) is 3.55. The Balaban J connectivity index is 2.14. The normalized spacial score (nSPS) is 16.9. The standard InChI is InChI=1S/C8H16N4O2S/c1-9-8(15)11-10-7(13)6-12-2-4-14-5-3-12/h2-6H2,1H3,(H,10,13)(H2,9,11,15). The summed E-state index contributed by atoms with van der Waals surface area (Å²) in [5, 5.41) is 3.09. The van der Waals surface area contributed by atoms with Crippen LogP contribution in [0.5, 0.6) is 0 Å². The molecule has 0 aromatic rings. The quantitative estimate of drug-likeness (QED) is 0.395. The van der Waals surface area contributed by atoms with E-state index in [9.17, 15) is 4.79 Å². The van der Waals surface area contributed by atoms with Crippen LogP contribution >= 0.6 is 12.2 Å². The minimum absolute atomic E-state index is 0.102. The number of thiocarbonyl (C=S) groups is 1. The fourth-order valence-corrected chi connectivity index (χ4v) is 1.24. The molecule has 1 saturated heterocycles. The first-order valence-electron chi connectivity index (χ1n) is 4.79. The summed E-state index contributed by atoms with van der Waals surface area (Å²) in [5.74, 6) is -0.102. The van der Waals surface area contributed by atoms with E-state index in [0.717, 1.165) is 13.1 Å². The molecule has 3 N–H and O–H groups in total. The summed E-state index contributed by atoms with van der Waals surface area (Å²) in [6.07, 6.45) is 0. The molecule has 0 saturated carbocycles. The molecule has 0 unspecified atom stereocenters. The number of carbonyl (C=O) groups is 1. The molecule has 1 rings (SSSR count). The van der Waals surface area contributed by atoms with Gasteiger partial charge in [-0.15, -0.1) is 0 Å². The SMILES string of the molecule is CNC(=S)NNC(=O)CN1CCOCC1. The lowest BCUT2D eigenvalue weighted by molar-refractivity contribution is -0.123. The van der Waals surface area contributed by atoms with Gasteiger partial charge in [0.05, 0.1) is 19.8 Å². The zero-order valence-electron chi connectivity index (χ0n) is 8.71. The van der Waals surface area contributed by atoms with E-state index >= 15 is 0 Å². The molecule has 1 heterocycles. The van der Waals surface area contributed by atoms with Crippen LogP contribution in [0.15, 0.2) is 0 Å². The van der Waals surface area contributed by atoms with Gasteiger partial charge in [-0.1, -0.05) is 0 Å². The number of rotatable bonds is 2. The van der Waals surface area contributed by atoms with Crippen LogP contribution in [0.3, 0.4) is 0 Å². The molecule has 0 aromatic carbocycles. The Bertz CT molecular complexity index is 231. The van der Waals surface area contributed by atoms with E-state index in [1.165, 1.54) is 0 Å². The van der Waals surface area contributed by atoms with Gasteiger partial charge in [0.25, 0.3) is 5.91 Å². The van der Waals surface area contributed by atoms with Crippen LogP contribution in [-0.2, 0) is 9.53 Å². The summed E-state index contributed by atoms with van der Waals surface area (Å²) < 4.78 is 5.18. The van der Waals surface area contributed by atoms with E-state index in [1.54, 1.807) is 7.05 Å². The summed E-state index contributed by atoms with van der Waals surface area (Å²) >= 11 is 4.81. The number of carbonyl (C=O) groups excluding carboxylic acids is 1. The van der Waals surface area contributed by atoms with Crippen molar-refractivity contribution in [2.45, 2.75) is 0 Å². The van der Waals surface area contributed by atoms with Crippen LogP contribution in [0.25, 0.3) is 0 Å². The van der Waals surface area contributed by atoms with Gasteiger partial charge in [0, 0.05) is 20.1 Å². The average molecular weight is 232 g/mol. The van der Waals surface area contributed by atoms with Crippen LogP contribution in [0.4, 0.5) is 0 Å². The molecule has 0 bridgehead atoms. The summed E-state index contributed by atoms with van der Waals surface area (Å²) in [6, 6.07) is 0.